The lowest BCUT2D eigenvalue weighted by atomic mass is 10.1. The van der Waals surface area contributed by atoms with Gasteiger partial charge in [-0.15, -0.1) is 11.3 Å². The molecule has 3 heterocycles. The van der Waals surface area contributed by atoms with Crippen LogP contribution in [0.3, 0.4) is 0 Å². The van der Waals surface area contributed by atoms with E-state index in [4.69, 9.17) is 0 Å². The van der Waals surface area contributed by atoms with Gasteiger partial charge < -0.3 is 10.2 Å². The minimum Gasteiger partial charge on any atom is -0.353 e. The number of halogens is 1. The standard InChI is InChI=1S/C22H26FN5OS/c1-4-7-27-8-10-28(11-9-27)20-18-15(3)19(30-22(18)25-13-24-20)21(29)26-16-6-5-14(2)17(23)12-16/h5-6,12-13H,4,7-11H2,1-3H3,(H,26,29). The summed E-state index contributed by atoms with van der Waals surface area (Å²) >= 11 is 1.35. The van der Waals surface area contributed by atoms with E-state index in [9.17, 15) is 9.18 Å². The molecule has 158 valence electrons. The molecule has 4 rings (SSSR count). The van der Waals surface area contributed by atoms with Gasteiger partial charge in [-0.1, -0.05) is 13.0 Å². The fourth-order valence-corrected chi connectivity index (χ4v) is 4.91. The topological polar surface area (TPSA) is 61.4 Å². The van der Waals surface area contributed by atoms with Gasteiger partial charge in [0.1, 0.15) is 22.8 Å². The summed E-state index contributed by atoms with van der Waals surface area (Å²) in [6.07, 6.45) is 2.73. The van der Waals surface area contributed by atoms with Crippen molar-refractivity contribution in [2.45, 2.75) is 27.2 Å². The predicted molar refractivity (Wildman–Crippen MR) is 120 cm³/mol. The first-order chi connectivity index (χ1) is 14.5. The molecule has 0 radical (unpaired) electrons. The number of hydrogen-bond donors (Lipinski definition) is 1. The third-order valence-corrected chi connectivity index (χ3v) is 6.75. The normalized spacial score (nSPS) is 15.0. The number of aromatic nitrogens is 2. The fourth-order valence-electron chi connectivity index (χ4n) is 3.87. The van der Waals surface area contributed by atoms with Crippen molar-refractivity contribution in [3.63, 3.8) is 0 Å². The minimum atomic E-state index is -0.337. The average Bonchev–Trinajstić information content (AvgIpc) is 3.09. The van der Waals surface area contributed by atoms with Crippen LogP contribution in [0.1, 0.15) is 34.1 Å². The molecule has 1 aromatic carbocycles. The molecule has 2 aromatic heterocycles. The summed E-state index contributed by atoms with van der Waals surface area (Å²) in [5.74, 6) is 0.305. The summed E-state index contributed by atoms with van der Waals surface area (Å²) in [5, 5.41) is 3.75. The Morgan fingerprint density at radius 3 is 2.67 bits per heavy atom. The Morgan fingerprint density at radius 1 is 1.20 bits per heavy atom. The second-order valence-electron chi connectivity index (χ2n) is 7.68. The van der Waals surface area contributed by atoms with Gasteiger partial charge in [0.2, 0.25) is 0 Å². The molecule has 8 heteroatoms. The third-order valence-electron chi connectivity index (χ3n) is 5.55. The summed E-state index contributed by atoms with van der Waals surface area (Å²) < 4.78 is 13.8. The van der Waals surface area contributed by atoms with Crippen molar-refractivity contribution in [3.8, 4) is 0 Å². The summed E-state index contributed by atoms with van der Waals surface area (Å²) in [5.41, 5.74) is 1.86. The summed E-state index contributed by atoms with van der Waals surface area (Å²) in [6.45, 7) is 10.8. The molecule has 30 heavy (non-hydrogen) atoms. The molecule has 1 amide bonds. The monoisotopic (exact) mass is 427 g/mol. The van der Waals surface area contributed by atoms with Crippen molar-refractivity contribution < 1.29 is 9.18 Å². The first-order valence-corrected chi connectivity index (χ1v) is 11.1. The third kappa shape index (κ3) is 4.02. The van der Waals surface area contributed by atoms with Crippen molar-refractivity contribution in [2.24, 2.45) is 0 Å². The Kier molecular flexibility index (Phi) is 5.97. The Hall–Kier alpha value is -2.58. The number of anilines is 2. The van der Waals surface area contributed by atoms with E-state index in [2.05, 4.69) is 32.0 Å². The number of rotatable bonds is 5. The van der Waals surface area contributed by atoms with E-state index in [-0.39, 0.29) is 11.7 Å². The molecule has 1 aliphatic heterocycles. The molecule has 1 N–H and O–H groups in total. The zero-order valence-corrected chi connectivity index (χ0v) is 18.4. The van der Waals surface area contributed by atoms with Crippen LogP contribution in [0.25, 0.3) is 10.2 Å². The second-order valence-corrected chi connectivity index (χ2v) is 8.68. The van der Waals surface area contributed by atoms with Crippen molar-refractivity contribution in [3.05, 3.63) is 46.3 Å². The first kappa shape index (κ1) is 20.7. The van der Waals surface area contributed by atoms with Gasteiger partial charge in [0.25, 0.3) is 5.91 Å². The van der Waals surface area contributed by atoms with Crippen LogP contribution in [-0.4, -0.2) is 53.5 Å². The SMILES string of the molecule is CCCN1CCN(c2ncnc3sc(C(=O)Nc4ccc(C)c(F)c4)c(C)c23)CC1. The van der Waals surface area contributed by atoms with E-state index in [1.165, 1.54) is 17.4 Å². The molecule has 3 aromatic rings. The Bertz CT molecular complexity index is 1070. The number of nitrogens with zero attached hydrogens (tertiary/aromatic N) is 4. The molecule has 0 atom stereocenters. The highest BCUT2D eigenvalue weighted by Gasteiger charge is 2.24. The zero-order valence-electron chi connectivity index (χ0n) is 17.5. The molecule has 0 aliphatic carbocycles. The molecule has 6 nitrogen and oxygen atoms in total. The van der Waals surface area contributed by atoms with E-state index in [1.54, 1.807) is 25.4 Å². The predicted octanol–water partition coefficient (Wildman–Crippen LogP) is 4.23. The number of fused-ring (bicyclic) bond motifs is 1. The Balaban J connectivity index is 1.60. The van der Waals surface area contributed by atoms with Crippen LogP contribution >= 0.6 is 11.3 Å². The number of aryl methyl sites for hydroxylation is 2. The van der Waals surface area contributed by atoms with Gasteiger partial charge in [0, 0.05) is 31.9 Å². The van der Waals surface area contributed by atoms with Crippen LogP contribution in [0.2, 0.25) is 0 Å². The second kappa shape index (κ2) is 8.65. The maximum atomic E-state index is 13.8. The first-order valence-electron chi connectivity index (χ1n) is 10.3. The smallest absolute Gasteiger partial charge is 0.266 e. The van der Waals surface area contributed by atoms with E-state index in [1.807, 2.05) is 6.92 Å². The molecule has 1 aliphatic rings. The largest absolute Gasteiger partial charge is 0.353 e. The molecule has 0 spiro atoms. The average molecular weight is 428 g/mol. The fraction of sp³-hybridized carbons (Fsp3) is 0.409. The number of piperazine rings is 1. The summed E-state index contributed by atoms with van der Waals surface area (Å²) in [6, 6.07) is 4.71. The van der Waals surface area contributed by atoms with Crippen molar-refractivity contribution in [1.29, 1.82) is 0 Å². The van der Waals surface area contributed by atoms with E-state index in [0.29, 0.717) is 16.1 Å². The number of carbonyl (C=O) groups is 1. The minimum absolute atomic E-state index is 0.252. The molecular formula is C22H26FN5OS. The lowest BCUT2D eigenvalue weighted by Crippen LogP contribution is -2.46. The van der Waals surface area contributed by atoms with Crippen LogP contribution in [0.15, 0.2) is 24.5 Å². The maximum Gasteiger partial charge on any atom is 0.266 e. The lowest BCUT2D eigenvalue weighted by Gasteiger charge is -2.35. The molecule has 0 saturated carbocycles. The van der Waals surface area contributed by atoms with E-state index >= 15 is 0 Å². The molecule has 0 unspecified atom stereocenters. The Labute approximate surface area is 179 Å². The maximum absolute atomic E-state index is 13.8. The number of thiophene rings is 1. The number of benzene rings is 1. The van der Waals surface area contributed by atoms with Gasteiger partial charge in [-0.05, 0) is 50.1 Å². The highest BCUT2D eigenvalue weighted by atomic mass is 32.1. The van der Waals surface area contributed by atoms with Gasteiger partial charge in [0.15, 0.2) is 0 Å². The van der Waals surface area contributed by atoms with E-state index in [0.717, 1.165) is 60.7 Å². The molecule has 0 bridgehead atoms. The molecule has 1 saturated heterocycles. The zero-order chi connectivity index (χ0) is 21.3. The van der Waals surface area contributed by atoms with Crippen LogP contribution in [0, 0.1) is 19.7 Å². The number of hydrogen-bond acceptors (Lipinski definition) is 6. The van der Waals surface area contributed by atoms with Crippen molar-refractivity contribution in [1.82, 2.24) is 14.9 Å². The lowest BCUT2D eigenvalue weighted by molar-refractivity contribution is 0.103. The number of carbonyl (C=O) groups excluding carboxylic acids is 1. The van der Waals surface area contributed by atoms with Gasteiger partial charge in [-0.3, -0.25) is 9.69 Å². The van der Waals surface area contributed by atoms with Gasteiger partial charge >= 0.3 is 0 Å². The summed E-state index contributed by atoms with van der Waals surface area (Å²) in [4.78, 5) is 28.0. The molecular weight excluding hydrogens is 401 g/mol. The van der Waals surface area contributed by atoms with Crippen molar-refractivity contribution >= 4 is 39.0 Å². The number of nitrogens with one attached hydrogen (secondary N) is 1. The highest BCUT2D eigenvalue weighted by Crippen LogP contribution is 2.35. The van der Waals surface area contributed by atoms with Crippen LogP contribution in [0.4, 0.5) is 15.9 Å². The van der Waals surface area contributed by atoms with Crippen LogP contribution in [0.5, 0.6) is 0 Å². The van der Waals surface area contributed by atoms with Crippen LogP contribution < -0.4 is 10.2 Å². The van der Waals surface area contributed by atoms with Crippen LogP contribution in [-0.2, 0) is 0 Å². The quantitative estimate of drug-likeness (QED) is 0.660. The van der Waals surface area contributed by atoms with Crippen molar-refractivity contribution in [2.75, 3.05) is 42.9 Å². The van der Waals surface area contributed by atoms with E-state index < -0.39 is 0 Å². The number of amides is 1. The van der Waals surface area contributed by atoms with Gasteiger partial charge in [-0.2, -0.15) is 0 Å². The Morgan fingerprint density at radius 2 is 1.97 bits per heavy atom. The summed E-state index contributed by atoms with van der Waals surface area (Å²) in [7, 11) is 0. The molecule has 1 fully saturated rings. The highest BCUT2D eigenvalue weighted by molar-refractivity contribution is 7.20. The van der Waals surface area contributed by atoms with Gasteiger partial charge in [-0.25, -0.2) is 14.4 Å². The van der Waals surface area contributed by atoms with Gasteiger partial charge in [0.05, 0.1) is 10.3 Å².